The zero-order chi connectivity index (χ0) is 16.5. The summed E-state index contributed by atoms with van der Waals surface area (Å²) in [6.45, 7) is 2.73. The normalized spacial score (nSPS) is 20.0. The molecule has 1 aliphatic carbocycles. The Morgan fingerprint density at radius 2 is 2.21 bits per heavy atom. The Balaban J connectivity index is 1.62. The molecule has 1 aromatic heterocycles. The minimum Gasteiger partial charge on any atom is -0.392 e. The van der Waals surface area contributed by atoms with Crippen molar-refractivity contribution in [3.8, 4) is 17.5 Å². The second-order valence-corrected chi connectivity index (χ2v) is 6.56. The summed E-state index contributed by atoms with van der Waals surface area (Å²) in [6, 6.07) is 5.85. The number of ether oxygens (including phenoxy) is 1. The van der Waals surface area contributed by atoms with Crippen molar-refractivity contribution >= 4 is 0 Å². The minimum atomic E-state index is -0.460. The molecule has 1 atom stereocenters. The van der Waals surface area contributed by atoms with Crippen molar-refractivity contribution in [3.63, 3.8) is 0 Å². The third-order valence-electron chi connectivity index (χ3n) is 4.45. The average molecular weight is 324 g/mol. The van der Waals surface area contributed by atoms with Gasteiger partial charge in [-0.25, -0.2) is 4.79 Å². The van der Waals surface area contributed by atoms with Crippen molar-refractivity contribution < 1.29 is 9.15 Å². The van der Waals surface area contributed by atoms with E-state index < -0.39 is 5.76 Å². The van der Waals surface area contributed by atoms with Crippen LogP contribution in [0.1, 0.15) is 42.7 Å². The summed E-state index contributed by atoms with van der Waals surface area (Å²) in [5.41, 5.74) is 2.59. The van der Waals surface area contributed by atoms with Crippen LogP contribution in [0.25, 0.3) is 5.69 Å². The number of benzene rings is 1. The highest BCUT2D eigenvalue weighted by Crippen LogP contribution is 2.27. The van der Waals surface area contributed by atoms with Crippen LogP contribution >= 0.6 is 0 Å². The molecule has 2 aliphatic rings. The summed E-state index contributed by atoms with van der Waals surface area (Å²) in [6.07, 6.45) is 5.08. The van der Waals surface area contributed by atoms with Crippen LogP contribution in [0, 0.1) is 24.7 Å². The predicted octanol–water partition coefficient (Wildman–Crippen LogP) is 2.62. The Hall–Kier alpha value is -2.32. The third kappa shape index (κ3) is 3.29. The molecule has 0 bridgehead atoms. The van der Waals surface area contributed by atoms with E-state index in [1.54, 1.807) is 0 Å². The molecule has 1 unspecified atom stereocenters. The van der Waals surface area contributed by atoms with Crippen LogP contribution in [-0.2, 0) is 11.2 Å². The van der Waals surface area contributed by atoms with Crippen LogP contribution < -0.4 is 5.76 Å². The van der Waals surface area contributed by atoms with Gasteiger partial charge in [-0.15, -0.1) is 5.10 Å². The summed E-state index contributed by atoms with van der Waals surface area (Å²) in [7, 11) is 0. The van der Waals surface area contributed by atoms with E-state index in [-0.39, 0.29) is 6.10 Å². The first-order valence-electron chi connectivity index (χ1n) is 8.52. The highest BCUT2D eigenvalue weighted by Gasteiger charge is 2.21. The number of hydrogen-bond donors (Lipinski definition) is 0. The maximum atomic E-state index is 12.2. The lowest BCUT2D eigenvalue weighted by atomic mass is 10.1. The van der Waals surface area contributed by atoms with Crippen molar-refractivity contribution in [1.29, 1.82) is 0 Å². The predicted molar refractivity (Wildman–Crippen MR) is 89.1 cm³/mol. The fraction of sp³-hybridized carbons (Fsp3) is 0.474. The van der Waals surface area contributed by atoms with Gasteiger partial charge in [0, 0.05) is 18.1 Å². The van der Waals surface area contributed by atoms with Crippen LogP contribution in [0.15, 0.2) is 27.4 Å². The molecule has 2 fully saturated rings. The fourth-order valence-corrected chi connectivity index (χ4v) is 2.88. The topological polar surface area (TPSA) is 57.3 Å². The van der Waals surface area contributed by atoms with Gasteiger partial charge in [-0.1, -0.05) is 17.9 Å². The molecular formula is C19H20N2O3. The van der Waals surface area contributed by atoms with Gasteiger partial charge < -0.3 is 9.15 Å². The van der Waals surface area contributed by atoms with Gasteiger partial charge in [0.25, 0.3) is 0 Å². The van der Waals surface area contributed by atoms with Gasteiger partial charge in [-0.2, -0.15) is 4.68 Å². The SMILES string of the molecule is Cc1ccc(C#CC2CC2)cc1-n1nc(CC2CCCO2)oc1=O. The van der Waals surface area contributed by atoms with Crippen molar-refractivity contribution in [2.75, 3.05) is 6.61 Å². The molecule has 5 heteroatoms. The van der Waals surface area contributed by atoms with Gasteiger partial charge in [-0.3, -0.25) is 0 Å². The van der Waals surface area contributed by atoms with Crippen molar-refractivity contribution in [2.24, 2.45) is 5.92 Å². The molecule has 4 rings (SSSR count). The minimum absolute atomic E-state index is 0.105. The Morgan fingerprint density at radius 3 is 2.96 bits per heavy atom. The Kier molecular flexibility index (Phi) is 3.99. The Morgan fingerprint density at radius 1 is 1.33 bits per heavy atom. The van der Waals surface area contributed by atoms with E-state index in [0.717, 1.165) is 36.3 Å². The number of aromatic nitrogens is 2. The van der Waals surface area contributed by atoms with E-state index in [1.165, 1.54) is 17.5 Å². The monoisotopic (exact) mass is 324 g/mol. The largest absolute Gasteiger partial charge is 0.441 e. The van der Waals surface area contributed by atoms with E-state index in [4.69, 9.17) is 9.15 Å². The quantitative estimate of drug-likeness (QED) is 0.815. The summed E-state index contributed by atoms with van der Waals surface area (Å²) < 4.78 is 12.2. The number of nitrogens with zero attached hydrogens (tertiary/aromatic N) is 2. The van der Waals surface area contributed by atoms with Gasteiger partial charge >= 0.3 is 5.76 Å². The zero-order valence-corrected chi connectivity index (χ0v) is 13.7. The number of aryl methyl sites for hydroxylation is 1. The van der Waals surface area contributed by atoms with Crippen molar-refractivity contribution in [1.82, 2.24) is 9.78 Å². The zero-order valence-electron chi connectivity index (χ0n) is 13.7. The first-order chi connectivity index (χ1) is 11.7. The smallest absolute Gasteiger partial charge is 0.392 e. The standard InChI is InChI=1S/C19H20N2O3/c1-13-4-5-15(9-8-14-6-7-14)11-17(13)21-19(22)24-18(20-21)12-16-3-2-10-23-16/h4-5,11,14,16H,2-3,6-7,10,12H2,1H3. The van der Waals surface area contributed by atoms with Crippen LogP contribution in [-0.4, -0.2) is 22.5 Å². The van der Waals surface area contributed by atoms with E-state index in [1.807, 2.05) is 25.1 Å². The molecule has 0 radical (unpaired) electrons. The van der Waals surface area contributed by atoms with Crippen LogP contribution in [0.4, 0.5) is 0 Å². The second-order valence-electron chi connectivity index (χ2n) is 6.56. The maximum absolute atomic E-state index is 12.2. The Labute approximate surface area is 140 Å². The first kappa shape index (κ1) is 15.2. The van der Waals surface area contributed by atoms with E-state index >= 15 is 0 Å². The van der Waals surface area contributed by atoms with Gasteiger partial charge in [-0.05, 0) is 50.3 Å². The van der Waals surface area contributed by atoms with E-state index in [0.29, 0.717) is 18.2 Å². The lowest BCUT2D eigenvalue weighted by Gasteiger charge is -2.05. The van der Waals surface area contributed by atoms with Crippen molar-refractivity contribution in [3.05, 3.63) is 45.8 Å². The molecule has 1 aliphatic heterocycles. The Bertz CT molecular complexity index is 859. The molecular weight excluding hydrogens is 304 g/mol. The average Bonchev–Trinajstić information content (AvgIpc) is 3.13. The lowest BCUT2D eigenvalue weighted by molar-refractivity contribution is 0.105. The van der Waals surface area contributed by atoms with Crippen molar-refractivity contribution in [2.45, 2.75) is 45.1 Å². The maximum Gasteiger partial charge on any atom is 0.441 e. The van der Waals surface area contributed by atoms with Crippen LogP contribution in [0.5, 0.6) is 0 Å². The second kappa shape index (κ2) is 6.29. The van der Waals surface area contributed by atoms with Gasteiger partial charge in [0.05, 0.1) is 18.2 Å². The number of rotatable bonds is 3. The summed E-state index contributed by atoms with van der Waals surface area (Å²) in [4.78, 5) is 12.2. The molecule has 0 N–H and O–H groups in total. The molecule has 1 saturated carbocycles. The third-order valence-corrected chi connectivity index (χ3v) is 4.45. The highest BCUT2D eigenvalue weighted by atomic mass is 16.5. The first-order valence-corrected chi connectivity index (χ1v) is 8.52. The number of hydrogen-bond acceptors (Lipinski definition) is 4. The molecule has 0 spiro atoms. The van der Waals surface area contributed by atoms with Crippen LogP contribution in [0.2, 0.25) is 0 Å². The molecule has 1 saturated heterocycles. The van der Waals surface area contributed by atoms with Gasteiger partial charge in [0.2, 0.25) is 5.89 Å². The lowest BCUT2D eigenvalue weighted by Crippen LogP contribution is -2.15. The van der Waals surface area contributed by atoms with Gasteiger partial charge in [0.1, 0.15) is 0 Å². The van der Waals surface area contributed by atoms with Gasteiger partial charge in [0.15, 0.2) is 0 Å². The van der Waals surface area contributed by atoms with E-state index in [2.05, 4.69) is 16.9 Å². The molecule has 124 valence electrons. The van der Waals surface area contributed by atoms with E-state index in [9.17, 15) is 4.79 Å². The highest BCUT2D eigenvalue weighted by molar-refractivity contribution is 5.48. The molecule has 1 aromatic carbocycles. The molecule has 5 nitrogen and oxygen atoms in total. The molecule has 2 aromatic rings. The fourth-order valence-electron chi connectivity index (χ4n) is 2.88. The molecule has 0 amide bonds. The summed E-state index contributed by atoms with van der Waals surface area (Å²) in [5, 5.41) is 4.36. The summed E-state index contributed by atoms with van der Waals surface area (Å²) in [5.74, 6) is 6.94. The molecule has 24 heavy (non-hydrogen) atoms. The molecule has 2 heterocycles. The summed E-state index contributed by atoms with van der Waals surface area (Å²) >= 11 is 0. The van der Waals surface area contributed by atoms with Crippen LogP contribution in [0.3, 0.4) is 0 Å².